The molecule has 0 bridgehead atoms. The van der Waals surface area contributed by atoms with Crippen LogP contribution in [-0.2, 0) is 23.8 Å². The van der Waals surface area contributed by atoms with E-state index >= 15 is 0 Å². The number of rotatable bonds is 41. The minimum atomic E-state index is -0.622. The van der Waals surface area contributed by atoms with Gasteiger partial charge in [0.1, 0.15) is 6.61 Å². The summed E-state index contributed by atoms with van der Waals surface area (Å²) < 4.78 is 17.2. The topological polar surface area (TPSA) is 61.8 Å². The van der Waals surface area contributed by atoms with Crippen LogP contribution in [0.3, 0.4) is 0 Å². The van der Waals surface area contributed by atoms with Crippen molar-refractivity contribution in [3.05, 3.63) is 158 Å². The Bertz CT molecular complexity index is 1420. The van der Waals surface area contributed by atoms with Gasteiger partial charge in [-0.1, -0.05) is 185 Å². The maximum atomic E-state index is 12.7. The molecule has 0 spiro atoms. The first-order chi connectivity index (χ1) is 30.6. The fraction of sp³-hybridized carbons (Fsp3) is 0.509. The monoisotopic (exact) mass is 851 g/mol. The van der Waals surface area contributed by atoms with Crippen LogP contribution in [0.1, 0.15) is 162 Å². The van der Waals surface area contributed by atoms with Crippen molar-refractivity contribution in [1.29, 1.82) is 0 Å². The van der Waals surface area contributed by atoms with E-state index in [1.54, 1.807) is 0 Å². The van der Waals surface area contributed by atoms with Gasteiger partial charge in [-0.05, 0) is 122 Å². The van der Waals surface area contributed by atoms with E-state index in [1.165, 1.54) is 0 Å². The van der Waals surface area contributed by atoms with Crippen molar-refractivity contribution >= 4 is 11.9 Å². The lowest BCUT2D eigenvalue weighted by molar-refractivity contribution is -0.162. The largest absolute Gasteiger partial charge is 0.462 e. The summed E-state index contributed by atoms with van der Waals surface area (Å²) in [5, 5.41) is 0. The van der Waals surface area contributed by atoms with Gasteiger partial charge in [-0.25, -0.2) is 0 Å². The molecule has 0 aromatic carbocycles. The summed E-state index contributed by atoms with van der Waals surface area (Å²) in [5.74, 6) is -0.576. The van der Waals surface area contributed by atoms with Crippen molar-refractivity contribution < 1.29 is 23.8 Å². The van der Waals surface area contributed by atoms with Gasteiger partial charge in [-0.3, -0.25) is 9.59 Å². The van der Waals surface area contributed by atoms with Crippen molar-refractivity contribution in [2.75, 3.05) is 19.8 Å². The summed E-state index contributed by atoms with van der Waals surface area (Å²) in [6.45, 7) is 7.18. The van der Waals surface area contributed by atoms with Crippen molar-refractivity contribution in [2.45, 2.75) is 168 Å². The van der Waals surface area contributed by atoms with Crippen LogP contribution in [0.2, 0.25) is 0 Å². The third kappa shape index (κ3) is 48.2. The number of carbonyl (C=O) groups is 2. The molecule has 1 atom stereocenters. The molecule has 0 radical (unpaired) electrons. The molecule has 0 fully saturated rings. The summed E-state index contributed by atoms with van der Waals surface area (Å²) in [4.78, 5) is 25.3. The molecule has 0 aromatic rings. The van der Waals surface area contributed by atoms with Crippen molar-refractivity contribution in [3.8, 4) is 0 Å². The molecular formula is C57H86O5. The van der Waals surface area contributed by atoms with E-state index in [0.717, 1.165) is 122 Å². The van der Waals surface area contributed by atoms with Crippen LogP contribution >= 0.6 is 0 Å². The van der Waals surface area contributed by atoms with Crippen LogP contribution < -0.4 is 0 Å². The molecule has 62 heavy (non-hydrogen) atoms. The SMILES string of the molecule is CC/C=C\C/C=C\C/C=C\C/C=C\C/C=C\C/C=C\CCCOCC(COC(=O)CC/C=C\C/C=C\C/C=C\C/C=C\CC)OC(=O)CCCCC/C=C\C/C=C\C/C=C\CC. The summed E-state index contributed by atoms with van der Waals surface area (Å²) in [6, 6.07) is 0. The van der Waals surface area contributed by atoms with Crippen LogP contribution in [-0.4, -0.2) is 37.9 Å². The number of ether oxygens (including phenoxy) is 3. The average molecular weight is 851 g/mol. The van der Waals surface area contributed by atoms with E-state index in [9.17, 15) is 9.59 Å². The molecular weight excluding hydrogens is 765 g/mol. The zero-order chi connectivity index (χ0) is 44.9. The molecule has 0 aliphatic carbocycles. The van der Waals surface area contributed by atoms with Crippen LogP contribution in [0.15, 0.2) is 158 Å². The van der Waals surface area contributed by atoms with Gasteiger partial charge < -0.3 is 14.2 Å². The second-order valence-corrected chi connectivity index (χ2v) is 14.9. The highest BCUT2D eigenvalue weighted by Crippen LogP contribution is 2.09. The molecule has 0 rings (SSSR count). The first-order valence-electron chi connectivity index (χ1n) is 24.0. The van der Waals surface area contributed by atoms with Crippen molar-refractivity contribution in [1.82, 2.24) is 0 Å². The fourth-order valence-corrected chi connectivity index (χ4v) is 5.61. The first kappa shape index (κ1) is 57.5. The molecule has 5 heteroatoms. The smallest absolute Gasteiger partial charge is 0.306 e. The van der Waals surface area contributed by atoms with E-state index in [4.69, 9.17) is 14.2 Å². The van der Waals surface area contributed by atoms with Gasteiger partial charge in [0.25, 0.3) is 0 Å². The lowest BCUT2D eigenvalue weighted by atomic mass is 10.1. The predicted molar refractivity (Wildman–Crippen MR) is 269 cm³/mol. The number of unbranched alkanes of at least 4 members (excludes halogenated alkanes) is 4. The summed E-state index contributed by atoms with van der Waals surface area (Å²) >= 11 is 0. The van der Waals surface area contributed by atoms with E-state index in [2.05, 4.69) is 173 Å². The van der Waals surface area contributed by atoms with Crippen molar-refractivity contribution in [3.63, 3.8) is 0 Å². The molecule has 0 amide bonds. The van der Waals surface area contributed by atoms with Gasteiger partial charge in [0, 0.05) is 19.4 Å². The van der Waals surface area contributed by atoms with Gasteiger partial charge in [-0.2, -0.15) is 0 Å². The lowest BCUT2D eigenvalue weighted by Crippen LogP contribution is -2.30. The molecule has 344 valence electrons. The second-order valence-electron chi connectivity index (χ2n) is 14.9. The molecule has 5 nitrogen and oxygen atoms in total. The Kier molecular flexibility index (Phi) is 47.2. The molecule has 0 saturated carbocycles. The Hall–Kier alpha value is -4.48. The second kappa shape index (κ2) is 50.9. The Morgan fingerprint density at radius 2 is 0.710 bits per heavy atom. The average Bonchev–Trinajstić information content (AvgIpc) is 3.27. The van der Waals surface area contributed by atoms with Crippen LogP contribution in [0, 0.1) is 0 Å². The van der Waals surface area contributed by atoms with Gasteiger partial charge >= 0.3 is 11.9 Å². The van der Waals surface area contributed by atoms with E-state index in [1.807, 2.05) is 6.08 Å². The Balaban J connectivity index is 4.53. The maximum absolute atomic E-state index is 12.7. The Labute approximate surface area is 380 Å². The van der Waals surface area contributed by atoms with Gasteiger partial charge in [0.05, 0.1) is 6.61 Å². The predicted octanol–water partition coefficient (Wildman–Crippen LogP) is 16.3. The molecule has 1 unspecified atom stereocenters. The third-order valence-electron chi connectivity index (χ3n) is 9.05. The Morgan fingerprint density at radius 1 is 0.355 bits per heavy atom. The fourth-order valence-electron chi connectivity index (χ4n) is 5.61. The molecule has 0 saturated heterocycles. The van der Waals surface area contributed by atoms with E-state index < -0.39 is 6.10 Å². The summed E-state index contributed by atoms with van der Waals surface area (Å²) in [7, 11) is 0. The standard InChI is InChI=1S/C57H86O5/c1-4-7-10-13-16-19-22-25-26-27-28-29-30-31-34-37-40-43-46-49-52-60-53-55(62-57(59)51-48-45-42-39-36-33-24-21-18-15-12-9-6-3)54-61-56(58)50-47-44-41-38-35-32-23-20-17-14-11-8-5-2/h7-12,16-21,25-26,28-29,31-36,40-41,43-44,55H,4-6,13-15,22-24,27,30,37-39,42,45-54H2,1-3H3/b10-7-,11-8-,12-9-,19-16-,20-17-,21-18-,26-25-,29-28-,34-31-,35-32-,36-33-,43-40-,44-41-. The number of allylic oxidation sites excluding steroid dienone is 26. The number of hydrogen-bond donors (Lipinski definition) is 0. The normalized spacial score (nSPS) is 13.7. The van der Waals surface area contributed by atoms with Crippen LogP contribution in [0.25, 0.3) is 0 Å². The zero-order valence-electron chi connectivity index (χ0n) is 39.3. The molecule has 0 aromatic heterocycles. The zero-order valence-corrected chi connectivity index (χ0v) is 39.3. The lowest BCUT2D eigenvalue weighted by Gasteiger charge is -2.18. The molecule has 0 N–H and O–H groups in total. The number of carbonyl (C=O) groups excluding carboxylic acids is 2. The quantitative estimate of drug-likeness (QED) is 0.0348. The van der Waals surface area contributed by atoms with Crippen molar-refractivity contribution in [2.24, 2.45) is 0 Å². The summed E-state index contributed by atoms with van der Waals surface area (Å²) in [6.07, 6.45) is 75.6. The highest BCUT2D eigenvalue weighted by molar-refractivity contribution is 5.70. The molecule has 0 aliphatic rings. The Morgan fingerprint density at radius 3 is 1.11 bits per heavy atom. The minimum absolute atomic E-state index is 0.0000610. The van der Waals surface area contributed by atoms with Crippen LogP contribution in [0.5, 0.6) is 0 Å². The van der Waals surface area contributed by atoms with E-state index in [0.29, 0.717) is 19.4 Å². The van der Waals surface area contributed by atoms with Gasteiger partial charge in [0.2, 0.25) is 0 Å². The summed E-state index contributed by atoms with van der Waals surface area (Å²) in [5.41, 5.74) is 0. The van der Waals surface area contributed by atoms with Crippen LogP contribution in [0.4, 0.5) is 0 Å². The maximum Gasteiger partial charge on any atom is 0.306 e. The third-order valence-corrected chi connectivity index (χ3v) is 9.05. The molecule has 0 aliphatic heterocycles. The highest BCUT2D eigenvalue weighted by Gasteiger charge is 2.17. The first-order valence-corrected chi connectivity index (χ1v) is 24.0. The highest BCUT2D eigenvalue weighted by atomic mass is 16.6. The number of esters is 2. The number of hydrogen-bond acceptors (Lipinski definition) is 5. The van der Waals surface area contributed by atoms with Gasteiger partial charge in [-0.15, -0.1) is 0 Å². The van der Waals surface area contributed by atoms with E-state index in [-0.39, 0.29) is 31.6 Å². The minimum Gasteiger partial charge on any atom is -0.462 e. The molecule has 0 heterocycles. The van der Waals surface area contributed by atoms with Gasteiger partial charge in [0.15, 0.2) is 6.10 Å².